The second-order valence-electron chi connectivity index (χ2n) is 7.07. The topological polar surface area (TPSA) is 75.3 Å². The van der Waals surface area contributed by atoms with Crippen molar-refractivity contribution in [3.63, 3.8) is 0 Å². The molecule has 1 aliphatic rings. The van der Waals surface area contributed by atoms with Gasteiger partial charge in [0.1, 0.15) is 11.1 Å². The zero-order chi connectivity index (χ0) is 18.3. The summed E-state index contributed by atoms with van der Waals surface area (Å²) in [5.41, 5.74) is 10.4. The molecule has 3 N–H and O–H groups in total. The minimum absolute atomic E-state index is 0.565. The van der Waals surface area contributed by atoms with Crippen molar-refractivity contribution in [1.82, 2.24) is 15.1 Å². The van der Waals surface area contributed by atoms with Crippen molar-refractivity contribution in [2.24, 2.45) is 0 Å². The molecule has 1 unspecified atom stereocenters. The SMILES string of the molecule is Cc1nnc2sc(C(O)N3CCC(c4ccccc4)CC3)c(N)c2c1C. The summed E-state index contributed by atoms with van der Waals surface area (Å²) in [4.78, 5) is 3.72. The van der Waals surface area contributed by atoms with Gasteiger partial charge in [0.25, 0.3) is 0 Å². The predicted octanol–water partition coefficient (Wildman–Crippen LogP) is 3.76. The molecule has 4 rings (SSSR count). The lowest BCUT2D eigenvalue weighted by Crippen LogP contribution is -2.36. The second kappa shape index (κ2) is 6.95. The maximum absolute atomic E-state index is 11.0. The molecule has 136 valence electrons. The smallest absolute Gasteiger partial charge is 0.148 e. The fourth-order valence-corrected chi connectivity index (χ4v) is 4.94. The van der Waals surface area contributed by atoms with Gasteiger partial charge in [0, 0.05) is 18.5 Å². The number of aryl methyl sites for hydroxylation is 2. The lowest BCUT2D eigenvalue weighted by atomic mass is 9.89. The number of piperidine rings is 1. The predicted molar refractivity (Wildman–Crippen MR) is 106 cm³/mol. The number of nitrogens with zero attached hydrogens (tertiary/aromatic N) is 3. The first-order chi connectivity index (χ1) is 12.6. The van der Waals surface area contributed by atoms with Crippen molar-refractivity contribution >= 4 is 27.2 Å². The average Bonchev–Trinajstić information content (AvgIpc) is 3.02. The quantitative estimate of drug-likeness (QED) is 0.736. The van der Waals surface area contributed by atoms with Gasteiger partial charge in [-0.3, -0.25) is 4.90 Å². The van der Waals surface area contributed by atoms with Gasteiger partial charge in [-0.15, -0.1) is 16.4 Å². The van der Waals surface area contributed by atoms with E-state index in [2.05, 4.69) is 45.4 Å². The number of nitrogens with two attached hydrogens (primary N) is 1. The fourth-order valence-electron chi connectivity index (χ4n) is 3.82. The molecule has 0 aliphatic carbocycles. The molecule has 3 heterocycles. The highest BCUT2D eigenvalue weighted by atomic mass is 32.1. The highest BCUT2D eigenvalue weighted by Gasteiger charge is 2.29. The van der Waals surface area contributed by atoms with Crippen molar-refractivity contribution in [3.05, 3.63) is 52.0 Å². The van der Waals surface area contributed by atoms with E-state index in [1.165, 1.54) is 16.9 Å². The normalized spacial score (nSPS) is 17.7. The number of benzene rings is 1. The summed E-state index contributed by atoms with van der Waals surface area (Å²) < 4.78 is 0. The Kier molecular flexibility index (Phi) is 4.65. The molecule has 1 fully saturated rings. The number of thiophene rings is 1. The summed E-state index contributed by atoms with van der Waals surface area (Å²) in [6, 6.07) is 10.6. The van der Waals surface area contributed by atoms with E-state index in [1.54, 1.807) is 0 Å². The molecule has 6 heteroatoms. The number of hydrogen-bond donors (Lipinski definition) is 2. The van der Waals surface area contributed by atoms with Crippen LogP contribution in [0.1, 0.15) is 46.7 Å². The van der Waals surface area contributed by atoms with E-state index in [0.717, 1.165) is 52.3 Å². The van der Waals surface area contributed by atoms with Crippen LogP contribution in [0.3, 0.4) is 0 Å². The van der Waals surface area contributed by atoms with E-state index in [0.29, 0.717) is 11.6 Å². The molecule has 26 heavy (non-hydrogen) atoms. The highest BCUT2D eigenvalue weighted by Crippen LogP contribution is 2.41. The van der Waals surface area contributed by atoms with Crippen LogP contribution in [0.2, 0.25) is 0 Å². The van der Waals surface area contributed by atoms with E-state index in [1.807, 2.05) is 13.8 Å². The molecule has 2 aromatic heterocycles. The summed E-state index contributed by atoms with van der Waals surface area (Å²) in [6.07, 6.45) is 1.42. The van der Waals surface area contributed by atoms with Gasteiger partial charge in [-0.2, -0.15) is 5.10 Å². The van der Waals surface area contributed by atoms with Crippen LogP contribution in [0.25, 0.3) is 10.2 Å². The largest absolute Gasteiger partial charge is 0.397 e. The maximum atomic E-state index is 11.0. The Labute approximate surface area is 157 Å². The average molecular weight is 369 g/mol. The Balaban J connectivity index is 1.54. The Morgan fingerprint density at radius 3 is 2.54 bits per heavy atom. The highest BCUT2D eigenvalue weighted by molar-refractivity contribution is 7.19. The van der Waals surface area contributed by atoms with Gasteiger partial charge in [0.05, 0.1) is 16.3 Å². The van der Waals surface area contributed by atoms with Crippen molar-refractivity contribution in [2.45, 2.75) is 38.8 Å². The molecule has 0 amide bonds. The molecule has 1 atom stereocenters. The van der Waals surface area contributed by atoms with Crippen LogP contribution in [-0.2, 0) is 0 Å². The number of nitrogen functional groups attached to an aromatic ring is 1. The molecule has 0 bridgehead atoms. The second-order valence-corrected chi connectivity index (χ2v) is 8.10. The maximum Gasteiger partial charge on any atom is 0.148 e. The molecule has 1 aliphatic heterocycles. The molecule has 1 aromatic carbocycles. The van der Waals surface area contributed by atoms with Crippen molar-refractivity contribution in [2.75, 3.05) is 18.8 Å². The van der Waals surface area contributed by atoms with E-state index < -0.39 is 6.23 Å². The van der Waals surface area contributed by atoms with Gasteiger partial charge < -0.3 is 10.8 Å². The number of aliphatic hydroxyl groups is 1. The third kappa shape index (κ3) is 2.98. The van der Waals surface area contributed by atoms with E-state index in [-0.39, 0.29) is 0 Å². The number of fused-ring (bicyclic) bond motifs is 1. The molecule has 0 spiro atoms. The van der Waals surface area contributed by atoms with Crippen LogP contribution in [0.4, 0.5) is 5.69 Å². The third-order valence-electron chi connectivity index (χ3n) is 5.54. The standard InChI is InChI=1S/C20H24N4OS/c1-12-13(2)22-23-19-16(12)17(21)18(26-19)20(25)24-10-8-15(9-11-24)14-6-4-3-5-7-14/h3-7,15,20,25H,8-11,21H2,1-2H3. The van der Waals surface area contributed by atoms with E-state index in [4.69, 9.17) is 5.73 Å². The van der Waals surface area contributed by atoms with Gasteiger partial charge in [-0.1, -0.05) is 30.3 Å². The zero-order valence-electron chi connectivity index (χ0n) is 15.1. The number of rotatable bonds is 3. The zero-order valence-corrected chi connectivity index (χ0v) is 16.0. The Morgan fingerprint density at radius 1 is 1.15 bits per heavy atom. The molecule has 5 nitrogen and oxygen atoms in total. The summed E-state index contributed by atoms with van der Waals surface area (Å²) >= 11 is 1.46. The molecule has 3 aromatic rings. The van der Waals surface area contributed by atoms with Crippen LogP contribution in [-0.4, -0.2) is 33.3 Å². The number of anilines is 1. The Bertz CT molecular complexity index is 916. The number of likely N-dealkylation sites (tertiary alicyclic amines) is 1. The van der Waals surface area contributed by atoms with Crippen LogP contribution in [0.15, 0.2) is 30.3 Å². The molecule has 0 saturated carbocycles. The van der Waals surface area contributed by atoms with Crippen LogP contribution in [0.5, 0.6) is 0 Å². The third-order valence-corrected chi connectivity index (χ3v) is 6.67. The first-order valence-electron chi connectivity index (χ1n) is 9.05. The number of hydrogen-bond acceptors (Lipinski definition) is 6. The van der Waals surface area contributed by atoms with Crippen molar-refractivity contribution < 1.29 is 5.11 Å². The number of aromatic nitrogens is 2. The van der Waals surface area contributed by atoms with E-state index in [9.17, 15) is 5.11 Å². The van der Waals surface area contributed by atoms with Crippen LogP contribution in [0, 0.1) is 13.8 Å². The van der Waals surface area contributed by atoms with Crippen molar-refractivity contribution in [3.8, 4) is 0 Å². The molecule has 0 radical (unpaired) electrons. The summed E-state index contributed by atoms with van der Waals surface area (Å²) in [5.74, 6) is 0.565. The number of aliphatic hydroxyl groups excluding tert-OH is 1. The fraction of sp³-hybridized carbons (Fsp3) is 0.400. The van der Waals surface area contributed by atoms with Crippen LogP contribution < -0.4 is 5.73 Å². The lowest BCUT2D eigenvalue weighted by Gasteiger charge is -2.35. The Morgan fingerprint density at radius 2 is 1.85 bits per heavy atom. The van der Waals surface area contributed by atoms with Gasteiger partial charge in [-0.05, 0) is 43.7 Å². The van der Waals surface area contributed by atoms with E-state index >= 15 is 0 Å². The minimum atomic E-state index is -0.675. The van der Waals surface area contributed by atoms with Gasteiger partial charge >= 0.3 is 0 Å². The van der Waals surface area contributed by atoms with Gasteiger partial charge in [0.15, 0.2) is 0 Å². The molecular weight excluding hydrogens is 344 g/mol. The monoisotopic (exact) mass is 368 g/mol. The van der Waals surface area contributed by atoms with Gasteiger partial charge in [-0.25, -0.2) is 0 Å². The first kappa shape index (κ1) is 17.4. The van der Waals surface area contributed by atoms with Crippen molar-refractivity contribution in [1.29, 1.82) is 0 Å². The van der Waals surface area contributed by atoms with Crippen LogP contribution >= 0.6 is 11.3 Å². The molecule has 1 saturated heterocycles. The summed E-state index contributed by atoms with van der Waals surface area (Å²) in [6.45, 7) is 5.66. The molecular formula is C20H24N4OS. The Hall–Kier alpha value is -2.02. The lowest BCUT2D eigenvalue weighted by molar-refractivity contribution is -0.0101. The first-order valence-corrected chi connectivity index (χ1v) is 9.86. The minimum Gasteiger partial charge on any atom is -0.397 e. The summed E-state index contributed by atoms with van der Waals surface area (Å²) in [5, 5.41) is 20.3. The van der Waals surface area contributed by atoms with Gasteiger partial charge in [0.2, 0.25) is 0 Å². The summed E-state index contributed by atoms with van der Waals surface area (Å²) in [7, 11) is 0.